The molecule has 4 rings (SSSR count). The Bertz CT molecular complexity index is 2160. The van der Waals surface area contributed by atoms with Crippen molar-refractivity contribution >= 4 is 48.6 Å². The van der Waals surface area contributed by atoms with Crippen LogP contribution in [0.15, 0.2) is 42.5 Å². The first-order chi connectivity index (χ1) is 25.1. The van der Waals surface area contributed by atoms with E-state index < -0.39 is 61.2 Å². The van der Waals surface area contributed by atoms with E-state index in [0.29, 0.717) is 11.1 Å². The third-order valence-electron chi connectivity index (χ3n) is 8.83. The van der Waals surface area contributed by atoms with Gasteiger partial charge in [-0.2, -0.15) is 18.3 Å². The van der Waals surface area contributed by atoms with Crippen LogP contribution in [0.25, 0.3) is 22.0 Å². The summed E-state index contributed by atoms with van der Waals surface area (Å²) >= 11 is 6.51. The summed E-state index contributed by atoms with van der Waals surface area (Å²) in [4.78, 5) is 30.2. The molecule has 4 aromatic rings. The standard InChI is InChI=1S/C39H45ClF5N5O4Si/c1-36(2,3)53-35(52)47-29(20-22-18-23(41)21-24(42)19-22)31-26(13-12-25(46-31)16-17-38(7,8)54-55(10,11)37(4,5)6)27-14-15-28(40)30-32(27)50(9)49-33(30)48-34(51)39(43,44)45/h12-15,18-19,21,29H,20H2,1-11H3,(H,47,52)(H,48,49,51). The van der Waals surface area contributed by atoms with Crippen molar-refractivity contribution < 1.29 is 40.7 Å². The highest BCUT2D eigenvalue weighted by Crippen LogP contribution is 2.41. The lowest BCUT2D eigenvalue weighted by Crippen LogP contribution is -2.47. The summed E-state index contributed by atoms with van der Waals surface area (Å²) in [5.41, 5.74) is -0.352. The zero-order valence-electron chi connectivity index (χ0n) is 32.6. The molecule has 0 saturated carbocycles. The summed E-state index contributed by atoms with van der Waals surface area (Å²) in [7, 11) is -0.806. The Kier molecular flexibility index (Phi) is 12.2. The van der Waals surface area contributed by atoms with Crippen molar-refractivity contribution in [1.29, 1.82) is 0 Å². The van der Waals surface area contributed by atoms with Gasteiger partial charge in [-0.15, -0.1) is 0 Å². The van der Waals surface area contributed by atoms with Gasteiger partial charge in [0, 0.05) is 24.2 Å². The van der Waals surface area contributed by atoms with Gasteiger partial charge in [0.15, 0.2) is 14.1 Å². The van der Waals surface area contributed by atoms with Crippen molar-refractivity contribution in [2.75, 3.05) is 5.32 Å². The summed E-state index contributed by atoms with van der Waals surface area (Å²) in [6, 6.07) is 8.10. The number of anilines is 1. The third kappa shape index (κ3) is 10.8. The molecule has 55 heavy (non-hydrogen) atoms. The van der Waals surface area contributed by atoms with Crippen LogP contribution in [0, 0.1) is 23.5 Å². The highest BCUT2D eigenvalue weighted by Gasteiger charge is 2.41. The van der Waals surface area contributed by atoms with Crippen molar-refractivity contribution in [3.63, 3.8) is 0 Å². The first-order valence-corrected chi connectivity index (χ1v) is 20.6. The Morgan fingerprint density at radius 2 is 1.55 bits per heavy atom. The van der Waals surface area contributed by atoms with Gasteiger partial charge in [-0.25, -0.2) is 18.6 Å². The van der Waals surface area contributed by atoms with Gasteiger partial charge in [-0.3, -0.25) is 9.48 Å². The van der Waals surface area contributed by atoms with E-state index in [1.54, 1.807) is 44.3 Å². The molecule has 2 heterocycles. The maximum absolute atomic E-state index is 14.5. The number of ether oxygens (including phenoxy) is 1. The number of alkyl halides is 3. The van der Waals surface area contributed by atoms with Gasteiger partial charge in [-0.05, 0) is 101 Å². The molecule has 1 atom stereocenters. The second-order valence-corrected chi connectivity index (χ2v) is 21.3. The number of fused-ring (bicyclic) bond motifs is 1. The van der Waals surface area contributed by atoms with Crippen molar-refractivity contribution in [3.8, 4) is 23.0 Å². The normalized spacial score (nSPS) is 13.3. The predicted molar refractivity (Wildman–Crippen MR) is 205 cm³/mol. The number of nitrogens with one attached hydrogen (secondary N) is 2. The molecule has 0 spiro atoms. The molecule has 0 aliphatic carbocycles. The second-order valence-electron chi connectivity index (χ2n) is 16.2. The number of alkyl carbamates (subject to hydrolysis) is 1. The van der Waals surface area contributed by atoms with Crippen molar-refractivity contribution in [2.24, 2.45) is 7.05 Å². The maximum atomic E-state index is 14.5. The summed E-state index contributed by atoms with van der Waals surface area (Å²) in [5.74, 6) is 1.88. The van der Waals surface area contributed by atoms with Gasteiger partial charge in [0.1, 0.15) is 28.5 Å². The fourth-order valence-corrected chi connectivity index (χ4v) is 7.44. The van der Waals surface area contributed by atoms with Gasteiger partial charge in [0.25, 0.3) is 0 Å². The summed E-state index contributed by atoms with van der Waals surface area (Å²) in [5, 5.41) is 8.61. The number of halogens is 6. The number of rotatable bonds is 8. The van der Waals surface area contributed by atoms with E-state index in [2.05, 4.69) is 56.1 Å². The van der Waals surface area contributed by atoms with Gasteiger partial charge in [-0.1, -0.05) is 44.4 Å². The van der Waals surface area contributed by atoms with Crippen LogP contribution in [0.3, 0.4) is 0 Å². The smallest absolute Gasteiger partial charge is 0.444 e. The van der Waals surface area contributed by atoms with E-state index >= 15 is 0 Å². The van der Waals surface area contributed by atoms with Crippen molar-refractivity contribution in [3.05, 3.63) is 76.1 Å². The number of carbonyl (C=O) groups excluding carboxylic acids is 2. The average Bonchev–Trinajstić information content (AvgIpc) is 3.33. The Morgan fingerprint density at radius 1 is 0.945 bits per heavy atom. The fraction of sp³-hybridized carbons (Fsp3) is 0.436. The topological polar surface area (TPSA) is 107 Å². The molecule has 0 radical (unpaired) electrons. The molecule has 2 aromatic heterocycles. The molecule has 9 nitrogen and oxygen atoms in total. The Hall–Kier alpha value is -4.52. The van der Waals surface area contributed by atoms with Gasteiger partial charge in [0.05, 0.1) is 27.7 Å². The highest BCUT2D eigenvalue weighted by molar-refractivity contribution is 6.74. The molecule has 296 valence electrons. The van der Waals surface area contributed by atoms with Gasteiger partial charge < -0.3 is 19.8 Å². The Balaban J connectivity index is 2.00. The first kappa shape index (κ1) is 43.2. The van der Waals surface area contributed by atoms with Crippen LogP contribution in [0.2, 0.25) is 23.2 Å². The average molecular weight is 806 g/mol. The molecule has 16 heteroatoms. The minimum Gasteiger partial charge on any atom is -0.444 e. The fourth-order valence-electron chi connectivity index (χ4n) is 5.56. The number of benzene rings is 2. The van der Waals surface area contributed by atoms with Crippen LogP contribution < -0.4 is 10.6 Å². The minimum atomic E-state index is -5.21. The molecule has 1 unspecified atom stereocenters. The molecule has 0 aliphatic heterocycles. The molecule has 0 aliphatic rings. The van der Waals surface area contributed by atoms with E-state index in [0.717, 1.165) is 18.2 Å². The number of carbonyl (C=O) groups is 2. The van der Waals surface area contributed by atoms with E-state index in [4.69, 9.17) is 25.7 Å². The van der Waals surface area contributed by atoms with Crippen molar-refractivity contribution in [2.45, 2.75) is 103 Å². The molecule has 2 aromatic carbocycles. The number of nitrogens with zero attached hydrogens (tertiary/aromatic N) is 3. The number of pyridine rings is 1. The molecule has 0 bridgehead atoms. The number of aromatic nitrogens is 3. The highest BCUT2D eigenvalue weighted by atomic mass is 35.5. The summed E-state index contributed by atoms with van der Waals surface area (Å²) < 4.78 is 82.2. The SMILES string of the molecule is Cn1nc(NC(=O)C(F)(F)F)c2c(Cl)ccc(-c3ccc(C#CC(C)(C)O[Si](C)(C)C(C)(C)C)nc3C(Cc3cc(F)cc(F)c3)NC(=O)OC(C)(C)C)c21. The van der Waals surface area contributed by atoms with Crippen LogP contribution >= 0.6 is 11.6 Å². The Morgan fingerprint density at radius 3 is 2.11 bits per heavy atom. The minimum absolute atomic E-state index is 0.00228. The first-order valence-electron chi connectivity index (χ1n) is 17.3. The monoisotopic (exact) mass is 805 g/mol. The molecule has 2 amide bonds. The zero-order valence-corrected chi connectivity index (χ0v) is 34.3. The van der Waals surface area contributed by atoms with Gasteiger partial charge >= 0.3 is 18.2 Å². The molecular weight excluding hydrogens is 761 g/mol. The zero-order chi connectivity index (χ0) is 41.5. The number of hydrogen-bond acceptors (Lipinski definition) is 6. The van der Waals surface area contributed by atoms with Crippen LogP contribution in [-0.2, 0) is 27.4 Å². The summed E-state index contributed by atoms with van der Waals surface area (Å²) in [6.45, 7) is 19.2. The van der Waals surface area contributed by atoms with E-state index in [9.17, 15) is 31.5 Å². The molecular formula is C39H45ClF5N5O4Si. The van der Waals surface area contributed by atoms with Crippen LogP contribution in [0.5, 0.6) is 0 Å². The molecule has 2 N–H and O–H groups in total. The second kappa shape index (κ2) is 15.5. The lowest BCUT2D eigenvalue weighted by atomic mass is 9.93. The lowest BCUT2D eigenvalue weighted by Gasteiger charge is -2.40. The van der Waals surface area contributed by atoms with Crippen LogP contribution in [0.1, 0.15) is 78.4 Å². The molecule has 0 fully saturated rings. The van der Waals surface area contributed by atoms with Crippen molar-refractivity contribution in [1.82, 2.24) is 20.1 Å². The summed E-state index contributed by atoms with van der Waals surface area (Å²) in [6.07, 6.45) is -6.25. The van der Waals surface area contributed by atoms with E-state index in [1.807, 2.05) is 13.8 Å². The van der Waals surface area contributed by atoms with Crippen LogP contribution in [0.4, 0.5) is 32.6 Å². The lowest BCUT2D eigenvalue weighted by molar-refractivity contribution is -0.167. The number of hydrogen-bond donors (Lipinski definition) is 2. The number of amides is 2. The van der Waals surface area contributed by atoms with Gasteiger partial charge in [0.2, 0.25) is 0 Å². The largest absolute Gasteiger partial charge is 0.471 e. The van der Waals surface area contributed by atoms with E-state index in [-0.39, 0.29) is 44.3 Å². The molecule has 0 saturated heterocycles. The third-order valence-corrected chi connectivity index (χ3v) is 13.8. The Labute approximate surface area is 323 Å². The quantitative estimate of drug-likeness (QED) is 0.104. The predicted octanol–water partition coefficient (Wildman–Crippen LogP) is 10.0. The van der Waals surface area contributed by atoms with Crippen LogP contribution in [-0.4, -0.2) is 52.5 Å². The number of aryl methyl sites for hydroxylation is 1. The maximum Gasteiger partial charge on any atom is 0.471 e. The van der Waals surface area contributed by atoms with E-state index in [1.165, 1.54) is 17.8 Å².